The largest absolute Gasteiger partial charge is 0.224 e. The molecule has 0 aromatic carbocycles. The van der Waals surface area contributed by atoms with Gasteiger partial charge in [0.25, 0.3) is 0 Å². The molecule has 0 fully saturated rings. The third-order valence-electron chi connectivity index (χ3n) is 1.39. The van der Waals surface area contributed by atoms with Crippen molar-refractivity contribution in [3.63, 3.8) is 0 Å². The summed E-state index contributed by atoms with van der Waals surface area (Å²) in [5, 5.41) is 9.81. The van der Waals surface area contributed by atoms with E-state index in [1.807, 2.05) is 0 Å². The molecule has 1 atom stereocenters. The number of hydrogen-bond acceptors (Lipinski definition) is 0. The van der Waals surface area contributed by atoms with Crippen molar-refractivity contribution in [2.45, 2.75) is 33.1 Å². The van der Waals surface area contributed by atoms with E-state index in [2.05, 4.69) is 19.8 Å². The summed E-state index contributed by atoms with van der Waals surface area (Å²) in [5.41, 5.74) is 0. The maximum absolute atomic E-state index is 9.81. The van der Waals surface area contributed by atoms with Crippen molar-refractivity contribution in [1.29, 1.82) is 0 Å². The Morgan fingerprint density at radius 3 is 2.44 bits per heavy atom. The van der Waals surface area contributed by atoms with Crippen LogP contribution in [-0.2, 0) is 5.11 Å². The Morgan fingerprint density at radius 1 is 1.44 bits per heavy atom. The van der Waals surface area contributed by atoms with Crippen LogP contribution in [0.1, 0.15) is 33.1 Å². The molecule has 51 valence electrons. The molecule has 1 unspecified atom stereocenters. The van der Waals surface area contributed by atoms with Crippen molar-refractivity contribution in [3.05, 3.63) is 0 Å². The van der Waals surface area contributed by atoms with Crippen molar-refractivity contribution in [1.82, 2.24) is 0 Å². The van der Waals surface area contributed by atoms with Gasteiger partial charge in [0.15, 0.2) is 6.11 Å². The first-order chi connectivity index (χ1) is 4.35. The minimum atomic E-state index is 0.340. The topological polar surface area (TPSA) is 19.9 Å². The van der Waals surface area contributed by atoms with E-state index in [0.29, 0.717) is 5.92 Å². The SMILES string of the molecule is CCCC(C#C[O])CC. The second kappa shape index (κ2) is 5.50. The van der Waals surface area contributed by atoms with E-state index in [0.717, 1.165) is 19.3 Å². The van der Waals surface area contributed by atoms with Crippen molar-refractivity contribution in [3.8, 4) is 12.0 Å². The molecule has 0 aliphatic heterocycles. The van der Waals surface area contributed by atoms with Crippen LogP contribution in [0.4, 0.5) is 0 Å². The van der Waals surface area contributed by atoms with Crippen molar-refractivity contribution < 1.29 is 5.11 Å². The van der Waals surface area contributed by atoms with Gasteiger partial charge >= 0.3 is 0 Å². The average Bonchev–Trinajstić information content (AvgIpc) is 1.88. The Hall–Kier alpha value is -0.640. The van der Waals surface area contributed by atoms with Crippen molar-refractivity contribution in [2.24, 2.45) is 5.92 Å². The van der Waals surface area contributed by atoms with E-state index in [1.165, 1.54) is 0 Å². The quantitative estimate of drug-likeness (QED) is 0.515. The van der Waals surface area contributed by atoms with E-state index in [1.54, 1.807) is 6.11 Å². The Labute approximate surface area is 57.1 Å². The van der Waals surface area contributed by atoms with Crippen LogP contribution in [-0.4, -0.2) is 0 Å². The second-order valence-corrected chi connectivity index (χ2v) is 2.14. The molecular weight excluding hydrogens is 112 g/mol. The highest BCUT2D eigenvalue weighted by Gasteiger charge is 1.98. The molecule has 1 radical (unpaired) electrons. The first-order valence-corrected chi connectivity index (χ1v) is 3.47. The summed E-state index contributed by atoms with van der Waals surface area (Å²) in [4.78, 5) is 0. The van der Waals surface area contributed by atoms with E-state index >= 15 is 0 Å². The van der Waals surface area contributed by atoms with Crippen LogP contribution in [0.15, 0.2) is 0 Å². The summed E-state index contributed by atoms with van der Waals surface area (Å²) in [6.45, 7) is 4.17. The summed E-state index contributed by atoms with van der Waals surface area (Å²) in [7, 11) is 0. The minimum absolute atomic E-state index is 0.340. The number of rotatable bonds is 3. The lowest BCUT2D eigenvalue weighted by Gasteiger charge is -2.01. The molecule has 9 heavy (non-hydrogen) atoms. The molecular formula is C8H13O. The summed E-state index contributed by atoms with van der Waals surface area (Å²) in [5.74, 6) is 2.97. The monoisotopic (exact) mass is 125 g/mol. The molecule has 0 spiro atoms. The van der Waals surface area contributed by atoms with E-state index in [-0.39, 0.29) is 0 Å². The Balaban J connectivity index is 3.50. The summed E-state index contributed by atoms with van der Waals surface area (Å²) < 4.78 is 0. The van der Waals surface area contributed by atoms with Gasteiger partial charge in [-0.05, 0) is 12.8 Å². The van der Waals surface area contributed by atoms with Gasteiger partial charge in [-0.25, -0.2) is 5.11 Å². The van der Waals surface area contributed by atoms with Crippen LogP contribution in [0.2, 0.25) is 0 Å². The van der Waals surface area contributed by atoms with Gasteiger partial charge in [-0.2, -0.15) is 0 Å². The lowest BCUT2D eigenvalue weighted by molar-refractivity contribution is 0.388. The van der Waals surface area contributed by atoms with Gasteiger partial charge in [-0.15, -0.1) is 0 Å². The molecule has 0 rings (SSSR count). The van der Waals surface area contributed by atoms with Crippen LogP contribution < -0.4 is 0 Å². The van der Waals surface area contributed by atoms with Gasteiger partial charge in [-0.1, -0.05) is 26.2 Å². The highest BCUT2D eigenvalue weighted by atomic mass is 16.2. The van der Waals surface area contributed by atoms with E-state index in [4.69, 9.17) is 0 Å². The first kappa shape index (κ1) is 8.36. The third-order valence-corrected chi connectivity index (χ3v) is 1.39. The first-order valence-electron chi connectivity index (χ1n) is 3.47. The summed E-state index contributed by atoms with van der Waals surface area (Å²) in [6, 6.07) is 0. The molecule has 0 heterocycles. The smallest absolute Gasteiger partial charge is 0.172 e. The van der Waals surface area contributed by atoms with Gasteiger partial charge < -0.3 is 0 Å². The van der Waals surface area contributed by atoms with Gasteiger partial charge in [-0.3, -0.25) is 0 Å². The lowest BCUT2D eigenvalue weighted by Crippen LogP contribution is -1.92. The summed E-state index contributed by atoms with van der Waals surface area (Å²) in [6.07, 6.45) is 4.89. The fourth-order valence-corrected chi connectivity index (χ4v) is 0.810. The Morgan fingerprint density at radius 2 is 2.11 bits per heavy atom. The Bertz CT molecular complexity index is 107. The second-order valence-electron chi connectivity index (χ2n) is 2.14. The Kier molecular flexibility index (Phi) is 5.11. The molecule has 0 bridgehead atoms. The van der Waals surface area contributed by atoms with Crippen LogP contribution in [0.5, 0.6) is 0 Å². The predicted octanol–water partition coefficient (Wildman–Crippen LogP) is 2.20. The van der Waals surface area contributed by atoms with Crippen LogP contribution >= 0.6 is 0 Å². The molecule has 0 aromatic heterocycles. The zero-order chi connectivity index (χ0) is 7.11. The maximum Gasteiger partial charge on any atom is 0.172 e. The van der Waals surface area contributed by atoms with Crippen molar-refractivity contribution >= 4 is 0 Å². The zero-order valence-corrected chi connectivity index (χ0v) is 6.11. The summed E-state index contributed by atoms with van der Waals surface area (Å²) >= 11 is 0. The van der Waals surface area contributed by atoms with Crippen LogP contribution in [0.3, 0.4) is 0 Å². The molecule has 0 amide bonds. The molecule has 1 heteroatoms. The zero-order valence-electron chi connectivity index (χ0n) is 6.11. The van der Waals surface area contributed by atoms with E-state index in [9.17, 15) is 5.11 Å². The fraction of sp³-hybridized carbons (Fsp3) is 0.750. The standard InChI is InChI=1S/C8H13O/c1-3-5-8(4-2)6-7-9/h8H,3-5H2,1-2H3. The van der Waals surface area contributed by atoms with Gasteiger partial charge in [0.2, 0.25) is 0 Å². The molecule has 1 nitrogen and oxygen atoms in total. The van der Waals surface area contributed by atoms with E-state index < -0.39 is 0 Å². The minimum Gasteiger partial charge on any atom is -0.224 e. The average molecular weight is 125 g/mol. The highest BCUT2D eigenvalue weighted by Crippen LogP contribution is 2.07. The molecule has 0 aromatic rings. The molecule has 0 saturated carbocycles. The lowest BCUT2D eigenvalue weighted by atomic mass is 10.0. The normalized spacial score (nSPS) is 11.8. The maximum atomic E-state index is 9.81. The highest BCUT2D eigenvalue weighted by molar-refractivity contribution is 4.95. The van der Waals surface area contributed by atoms with Gasteiger partial charge in [0.1, 0.15) is 0 Å². The fourth-order valence-electron chi connectivity index (χ4n) is 0.810. The van der Waals surface area contributed by atoms with Crippen LogP contribution in [0.25, 0.3) is 0 Å². The molecule has 0 aliphatic carbocycles. The van der Waals surface area contributed by atoms with Crippen LogP contribution in [0, 0.1) is 17.9 Å². The number of hydrogen-bond donors (Lipinski definition) is 0. The van der Waals surface area contributed by atoms with Crippen molar-refractivity contribution in [2.75, 3.05) is 0 Å². The van der Waals surface area contributed by atoms with Gasteiger partial charge in [0.05, 0.1) is 0 Å². The molecule has 0 saturated heterocycles. The third kappa shape index (κ3) is 3.90. The molecule has 0 N–H and O–H groups in total. The molecule has 0 aliphatic rings. The van der Waals surface area contributed by atoms with Gasteiger partial charge in [0, 0.05) is 5.92 Å². The predicted molar refractivity (Wildman–Crippen MR) is 37.2 cm³/mol.